The molecule has 1 unspecified atom stereocenters. The van der Waals surface area contributed by atoms with Crippen molar-refractivity contribution in [1.82, 2.24) is 5.32 Å². The molecule has 1 saturated heterocycles. The molecule has 3 N–H and O–H groups in total. The van der Waals surface area contributed by atoms with Gasteiger partial charge in [0.15, 0.2) is 0 Å². The molecule has 2 amide bonds. The molecule has 6 nitrogen and oxygen atoms in total. The highest BCUT2D eigenvalue weighted by atomic mass is 16.5. The Labute approximate surface area is 148 Å². The summed E-state index contributed by atoms with van der Waals surface area (Å²) < 4.78 is 5.43. The van der Waals surface area contributed by atoms with E-state index in [0.717, 1.165) is 43.6 Å². The van der Waals surface area contributed by atoms with Crippen LogP contribution in [0.5, 0.6) is 5.75 Å². The molecule has 2 aliphatic rings. The van der Waals surface area contributed by atoms with Crippen molar-refractivity contribution in [2.45, 2.75) is 44.9 Å². The number of hydrogen-bond acceptors (Lipinski definition) is 4. The fourth-order valence-electron chi connectivity index (χ4n) is 3.90. The summed E-state index contributed by atoms with van der Waals surface area (Å²) in [5.41, 5.74) is 2.61. The van der Waals surface area contributed by atoms with Gasteiger partial charge in [-0.05, 0) is 55.8 Å². The topological polar surface area (TPSA) is 79.5 Å². The molecular formula is C19H27N3O3. The van der Waals surface area contributed by atoms with Crippen molar-refractivity contribution in [3.05, 3.63) is 17.7 Å². The number of carbonyl (C=O) groups is 2. The van der Waals surface area contributed by atoms with Crippen molar-refractivity contribution in [1.29, 1.82) is 0 Å². The maximum absolute atomic E-state index is 12.2. The highest BCUT2D eigenvalue weighted by Crippen LogP contribution is 2.44. The van der Waals surface area contributed by atoms with Crippen LogP contribution in [0.4, 0.5) is 11.4 Å². The average Bonchev–Trinajstić information content (AvgIpc) is 2.61. The molecular weight excluding hydrogens is 318 g/mol. The van der Waals surface area contributed by atoms with Gasteiger partial charge in [0.25, 0.3) is 0 Å². The lowest BCUT2D eigenvalue weighted by molar-refractivity contribution is -0.117. The molecule has 1 atom stereocenters. The third-order valence-electron chi connectivity index (χ3n) is 5.15. The van der Waals surface area contributed by atoms with Crippen molar-refractivity contribution in [3.63, 3.8) is 0 Å². The molecule has 0 radical (unpaired) electrons. The smallest absolute Gasteiger partial charge is 0.225 e. The number of rotatable bonds is 5. The first-order valence-electron chi connectivity index (χ1n) is 9.14. The zero-order chi connectivity index (χ0) is 17.8. The molecule has 6 heteroatoms. The van der Waals surface area contributed by atoms with Crippen LogP contribution < -0.4 is 20.7 Å². The summed E-state index contributed by atoms with van der Waals surface area (Å²) in [5, 5.41) is 9.30. The van der Waals surface area contributed by atoms with E-state index in [1.807, 2.05) is 19.1 Å². The van der Waals surface area contributed by atoms with Crippen molar-refractivity contribution >= 4 is 23.2 Å². The van der Waals surface area contributed by atoms with Gasteiger partial charge < -0.3 is 20.7 Å². The van der Waals surface area contributed by atoms with Gasteiger partial charge in [-0.3, -0.25) is 9.59 Å². The molecule has 25 heavy (non-hydrogen) atoms. The third kappa shape index (κ3) is 3.95. The highest BCUT2D eigenvalue weighted by molar-refractivity contribution is 5.97. The van der Waals surface area contributed by atoms with E-state index in [4.69, 9.17) is 4.74 Å². The van der Waals surface area contributed by atoms with Gasteiger partial charge in [0.1, 0.15) is 5.75 Å². The van der Waals surface area contributed by atoms with Gasteiger partial charge in [-0.2, -0.15) is 0 Å². The molecule has 3 rings (SSSR count). The summed E-state index contributed by atoms with van der Waals surface area (Å²) >= 11 is 0. The van der Waals surface area contributed by atoms with Gasteiger partial charge in [0.2, 0.25) is 11.8 Å². The van der Waals surface area contributed by atoms with E-state index >= 15 is 0 Å². The number of piperidine rings is 1. The molecule has 136 valence electrons. The lowest BCUT2D eigenvalue weighted by Gasteiger charge is -2.35. The lowest BCUT2D eigenvalue weighted by Crippen LogP contribution is -2.34. The van der Waals surface area contributed by atoms with Gasteiger partial charge in [0.05, 0.1) is 12.8 Å². The maximum atomic E-state index is 12.2. The zero-order valence-corrected chi connectivity index (χ0v) is 15.0. The fraction of sp³-hybridized carbons (Fsp3) is 0.579. The molecule has 0 aromatic heterocycles. The maximum Gasteiger partial charge on any atom is 0.225 e. The van der Waals surface area contributed by atoms with Crippen LogP contribution in [-0.4, -0.2) is 32.0 Å². The lowest BCUT2D eigenvalue weighted by atomic mass is 9.76. The first-order chi connectivity index (χ1) is 12.1. The number of hydrogen-bond donors (Lipinski definition) is 3. The molecule has 0 saturated carbocycles. The second-order valence-corrected chi connectivity index (χ2v) is 6.88. The van der Waals surface area contributed by atoms with E-state index in [1.54, 1.807) is 7.11 Å². The summed E-state index contributed by atoms with van der Waals surface area (Å²) in [6.45, 7) is 3.97. The van der Waals surface area contributed by atoms with Crippen molar-refractivity contribution in [2.24, 2.45) is 5.92 Å². The van der Waals surface area contributed by atoms with Gasteiger partial charge in [-0.1, -0.05) is 6.92 Å². The summed E-state index contributed by atoms with van der Waals surface area (Å²) in [6, 6.07) is 3.83. The Balaban J connectivity index is 1.94. The molecule has 1 fully saturated rings. The summed E-state index contributed by atoms with van der Waals surface area (Å²) in [5.74, 6) is 1.30. The van der Waals surface area contributed by atoms with E-state index < -0.39 is 0 Å². The summed E-state index contributed by atoms with van der Waals surface area (Å²) in [4.78, 5) is 24.2. The second kappa shape index (κ2) is 7.87. The first-order valence-corrected chi connectivity index (χ1v) is 9.14. The third-order valence-corrected chi connectivity index (χ3v) is 5.15. The van der Waals surface area contributed by atoms with Crippen LogP contribution in [0.25, 0.3) is 0 Å². The Morgan fingerprint density at radius 1 is 1.32 bits per heavy atom. The quantitative estimate of drug-likeness (QED) is 0.767. The predicted octanol–water partition coefficient (Wildman–Crippen LogP) is 2.86. The van der Waals surface area contributed by atoms with Crippen LogP contribution in [0.2, 0.25) is 0 Å². The van der Waals surface area contributed by atoms with Crippen LogP contribution in [0.1, 0.15) is 50.5 Å². The number of benzene rings is 1. The minimum atomic E-state index is -0.0148. The monoisotopic (exact) mass is 345 g/mol. The molecule has 1 aromatic rings. The number of amides is 2. The standard InChI is InChI=1S/C19H27N3O3/c1-3-4-18(23)22-16-9-14-13(12-5-7-20-8-6-12)10-19(24)21-15(14)11-17(16)25-2/h9,11-13,20H,3-8,10H2,1-2H3,(H,21,24)(H,22,23). The van der Waals surface area contributed by atoms with Gasteiger partial charge in [-0.15, -0.1) is 0 Å². The van der Waals surface area contributed by atoms with E-state index in [0.29, 0.717) is 30.2 Å². The van der Waals surface area contributed by atoms with E-state index in [-0.39, 0.29) is 17.7 Å². The minimum absolute atomic E-state index is 0.0148. The number of anilines is 2. The Kier molecular flexibility index (Phi) is 5.58. The Bertz CT molecular complexity index is 654. The summed E-state index contributed by atoms with van der Waals surface area (Å²) in [6.07, 6.45) is 3.93. The van der Waals surface area contributed by atoms with Crippen LogP contribution in [0.15, 0.2) is 12.1 Å². The largest absolute Gasteiger partial charge is 0.494 e. The van der Waals surface area contributed by atoms with E-state index in [9.17, 15) is 9.59 Å². The normalized spacial score (nSPS) is 20.6. The number of methoxy groups -OCH3 is 1. The number of ether oxygens (including phenoxy) is 1. The SMILES string of the molecule is CCCC(=O)Nc1cc2c(cc1OC)NC(=O)CC2C1CCNCC1. The van der Waals surface area contributed by atoms with Crippen LogP contribution in [-0.2, 0) is 9.59 Å². The number of nitrogens with one attached hydrogen (secondary N) is 3. The van der Waals surface area contributed by atoms with E-state index in [1.165, 1.54) is 0 Å². The molecule has 2 heterocycles. The molecule has 0 bridgehead atoms. The van der Waals surface area contributed by atoms with Crippen LogP contribution in [0, 0.1) is 5.92 Å². The fourth-order valence-corrected chi connectivity index (χ4v) is 3.90. The van der Waals surface area contributed by atoms with E-state index in [2.05, 4.69) is 16.0 Å². The Morgan fingerprint density at radius 2 is 2.08 bits per heavy atom. The van der Waals surface area contributed by atoms with Crippen molar-refractivity contribution in [3.8, 4) is 5.75 Å². The second-order valence-electron chi connectivity index (χ2n) is 6.88. The summed E-state index contributed by atoms with van der Waals surface area (Å²) in [7, 11) is 1.58. The minimum Gasteiger partial charge on any atom is -0.494 e. The molecule has 2 aliphatic heterocycles. The number of fused-ring (bicyclic) bond motifs is 1. The zero-order valence-electron chi connectivity index (χ0n) is 15.0. The Hall–Kier alpha value is -2.08. The first kappa shape index (κ1) is 17.7. The van der Waals surface area contributed by atoms with Crippen LogP contribution in [0.3, 0.4) is 0 Å². The molecule has 0 spiro atoms. The van der Waals surface area contributed by atoms with Gasteiger partial charge in [0, 0.05) is 24.6 Å². The highest BCUT2D eigenvalue weighted by Gasteiger charge is 2.33. The van der Waals surface area contributed by atoms with Gasteiger partial charge in [-0.25, -0.2) is 0 Å². The van der Waals surface area contributed by atoms with Gasteiger partial charge >= 0.3 is 0 Å². The van der Waals surface area contributed by atoms with Crippen molar-refractivity contribution < 1.29 is 14.3 Å². The van der Waals surface area contributed by atoms with Crippen molar-refractivity contribution in [2.75, 3.05) is 30.8 Å². The predicted molar refractivity (Wildman–Crippen MR) is 98.1 cm³/mol. The van der Waals surface area contributed by atoms with Crippen LogP contribution >= 0.6 is 0 Å². The molecule has 1 aromatic carbocycles. The number of carbonyl (C=O) groups excluding carboxylic acids is 2. The average molecular weight is 345 g/mol. The Morgan fingerprint density at radius 3 is 2.76 bits per heavy atom. The molecule has 0 aliphatic carbocycles.